The Hall–Kier alpha value is -4.32. The second kappa shape index (κ2) is 12.0. The maximum Gasteiger partial charge on any atom is 0.573 e. The van der Waals surface area contributed by atoms with Gasteiger partial charge in [0.25, 0.3) is 0 Å². The van der Waals surface area contributed by atoms with Gasteiger partial charge in [-0.1, -0.05) is 61.2 Å². The molecule has 1 aromatic heterocycles. The fourth-order valence-corrected chi connectivity index (χ4v) is 5.37. The maximum absolute atomic E-state index is 12.8. The molecule has 0 bridgehead atoms. The largest absolute Gasteiger partial charge is 0.573 e. The van der Waals surface area contributed by atoms with Gasteiger partial charge in [-0.2, -0.15) is 4.99 Å². The van der Waals surface area contributed by atoms with Crippen molar-refractivity contribution >= 4 is 28.6 Å². The maximum atomic E-state index is 12.8. The topological polar surface area (TPSA) is 84.6 Å². The highest BCUT2D eigenvalue weighted by Gasteiger charge is 2.31. The number of anilines is 1. The molecule has 1 aliphatic rings. The van der Waals surface area contributed by atoms with Crippen LogP contribution in [0.3, 0.4) is 0 Å². The Kier molecular flexibility index (Phi) is 8.29. The van der Waals surface area contributed by atoms with Crippen molar-refractivity contribution in [1.29, 1.82) is 0 Å². The molecule has 41 heavy (non-hydrogen) atoms. The molecule has 1 fully saturated rings. The standard InChI is InChI=1S/C29H27F3N6O2S/c1-3-20-6-4-5-7-25(20)37-16-17-41-28(37)35-27(39)34-19(2)21-8-10-22(11-9-21)26-33-18-38(36-26)23-12-14-24(15-13-23)40-29(30,31)32/h4-15,18-19H,3,16-17H2,1-2H3,(H,34,39)/b35-28-. The number of hydrogen-bond donors (Lipinski definition) is 1. The van der Waals surface area contributed by atoms with Crippen molar-refractivity contribution in [3.8, 4) is 22.8 Å². The van der Waals surface area contributed by atoms with E-state index >= 15 is 0 Å². The molecule has 4 aromatic rings. The number of hydrogen-bond acceptors (Lipinski definition) is 5. The number of aromatic nitrogens is 3. The minimum Gasteiger partial charge on any atom is -0.406 e. The van der Waals surface area contributed by atoms with E-state index < -0.39 is 12.4 Å². The third-order valence-corrected chi connectivity index (χ3v) is 7.43. The molecule has 2 amide bonds. The summed E-state index contributed by atoms with van der Waals surface area (Å²) in [5, 5.41) is 8.06. The minimum absolute atomic E-state index is 0.286. The van der Waals surface area contributed by atoms with E-state index in [9.17, 15) is 18.0 Å². The predicted molar refractivity (Wildman–Crippen MR) is 153 cm³/mol. The van der Waals surface area contributed by atoms with Crippen LogP contribution in [0.1, 0.15) is 31.0 Å². The number of alkyl halides is 3. The van der Waals surface area contributed by atoms with Crippen LogP contribution >= 0.6 is 11.8 Å². The molecule has 5 rings (SSSR count). The van der Waals surface area contributed by atoms with Gasteiger partial charge in [-0.3, -0.25) is 0 Å². The fourth-order valence-electron chi connectivity index (χ4n) is 4.42. The van der Waals surface area contributed by atoms with Crippen molar-refractivity contribution in [2.75, 3.05) is 17.2 Å². The van der Waals surface area contributed by atoms with Crippen LogP contribution in [0.2, 0.25) is 0 Å². The first-order valence-corrected chi connectivity index (χ1v) is 13.9. The molecule has 3 aromatic carbocycles. The average Bonchev–Trinajstić information content (AvgIpc) is 3.63. The van der Waals surface area contributed by atoms with Gasteiger partial charge in [-0.25, -0.2) is 14.5 Å². The van der Waals surface area contributed by atoms with Gasteiger partial charge in [0.15, 0.2) is 11.0 Å². The summed E-state index contributed by atoms with van der Waals surface area (Å²) in [7, 11) is 0. The quantitative estimate of drug-likeness (QED) is 0.260. The van der Waals surface area contributed by atoms with Crippen molar-refractivity contribution < 1.29 is 22.7 Å². The lowest BCUT2D eigenvalue weighted by atomic mass is 10.1. The summed E-state index contributed by atoms with van der Waals surface area (Å²) in [5.41, 5.74) is 4.46. The Morgan fingerprint density at radius 3 is 2.54 bits per heavy atom. The monoisotopic (exact) mass is 580 g/mol. The molecule has 1 unspecified atom stereocenters. The molecule has 0 saturated carbocycles. The number of amides is 2. The molecule has 1 atom stereocenters. The average molecular weight is 581 g/mol. The smallest absolute Gasteiger partial charge is 0.406 e. The SMILES string of the molecule is CCc1ccccc1N1CCS/C1=N\C(=O)NC(C)c1ccc(-c2ncn(-c3ccc(OC(F)(F)F)cc3)n2)cc1. The molecule has 8 nitrogen and oxygen atoms in total. The normalized spacial score (nSPS) is 15.2. The van der Waals surface area contributed by atoms with Gasteiger partial charge in [-0.15, -0.1) is 18.3 Å². The van der Waals surface area contributed by atoms with Gasteiger partial charge in [0, 0.05) is 23.5 Å². The number of thioether (sulfide) groups is 1. The third-order valence-electron chi connectivity index (χ3n) is 6.47. The number of nitrogens with zero attached hydrogens (tertiary/aromatic N) is 5. The highest BCUT2D eigenvalue weighted by Crippen LogP contribution is 2.29. The molecular weight excluding hydrogens is 553 g/mol. The number of aliphatic imine (C=N–C) groups is 1. The molecule has 12 heteroatoms. The van der Waals surface area contributed by atoms with E-state index in [2.05, 4.69) is 49.1 Å². The number of urea groups is 1. The molecule has 1 saturated heterocycles. The molecular formula is C29H27F3N6O2S. The number of carbonyl (C=O) groups is 1. The van der Waals surface area contributed by atoms with Crippen LogP contribution in [0.15, 0.2) is 84.1 Å². The first kappa shape index (κ1) is 28.2. The Morgan fingerprint density at radius 1 is 1.10 bits per heavy atom. The zero-order chi connectivity index (χ0) is 29.0. The Labute approximate surface area is 239 Å². The predicted octanol–water partition coefficient (Wildman–Crippen LogP) is 6.78. The molecule has 2 heterocycles. The van der Waals surface area contributed by atoms with Crippen LogP contribution < -0.4 is 15.0 Å². The molecule has 0 aliphatic carbocycles. The van der Waals surface area contributed by atoms with E-state index in [1.807, 2.05) is 43.3 Å². The number of para-hydroxylation sites is 1. The lowest BCUT2D eigenvalue weighted by molar-refractivity contribution is -0.274. The zero-order valence-corrected chi connectivity index (χ0v) is 23.1. The lowest BCUT2D eigenvalue weighted by Crippen LogP contribution is -2.29. The second-order valence-electron chi connectivity index (χ2n) is 9.22. The van der Waals surface area contributed by atoms with Gasteiger partial charge in [-0.05, 0) is 54.8 Å². The highest BCUT2D eigenvalue weighted by molar-refractivity contribution is 8.14. The highest BCUT2D eigenvalue weighted by atomic mass is 32.2. The number of rotatable bonds is 7. The summed E-state index contributed by atoms with van der Waals surface area (Å²) < 4.78 is 42.6. The molecule has 0 radical (unpaired) electrons. The van der Waals surface area contributed by atoms with Crippen LogP contribution in [0.5, 0.6) is 5.75 Å². The summed E-state index contributed by atoms with van der Waals surface area (Å²) in [6.07, 6.45) is -2.37. The summed E-state index contributed by atoms with van der Waals surface area (Å²) in [6.45, 7) is 4.80. The van der Waals surface area contributed by atoms with Crippen molar-refractivity contribution in [1.82, 2.24) is 20.1 Å². The first-order chi connectivity index (χ1) is 19.7. The van der Waals surface area contributed by atoms with E-state index in [4.69, 9.17) is 0 Å². The summed E-state index contributed by atoms with van der Waals surface area (Å²) in [5.74, 6) is 0.995. The number of carbonyl (C=O) groups excluding carboxylic acids is 1. The zero-order valence-electron chi connectivity index (χ0n) is 22.3. The Bertz CT molecular complexity index is 1540. The number of benzene rings is 3. The van der Waals surface area contributed by atoms with Gasteiger partial charge in [0.2, 0.25) is 0 Å². The van der Waals surface area contributed by atoms with E-state index in [1.54, 1.807) is 11.8 Å². The summed E-state index contributed by atoms with van der Waals surface area (Å²) in [6, 6.07) is 20.3. The molecule has 1 N–H and O–H groups in total. The number of ether oxygens (including phenoxy) is 1. The number of amidine groups is 1. The van der Waals surface area contributed by atoms with E-state index in [0.717, 1.165) is 35.5 Å². The van der Waals surface area contributed by atoms with Gasteiger partial charge in [0.05, 0.1) is 11.7 Å². The fraction of sp³-hybridized carbons (Fsp3) is 0.241. The van der Waals surface area contributed by atoms with Gasteiger partial charge in [0.1, 0.15) is 12.1 Å². The second-order valence-corrected chi connectivity index (χ2v) is 10.3. The molecule has 1 aliphatic heterocycles. The van der Waals surface area contributed by atoms with Crippen molar-refractivity contribution in [3.05, 3.63) is 90.3 Å². The van der Waals surface area contributed by atoms with Crippen molar-refractivity contribution in [3.63, 3.8) is 0 Å². The first-order valence-electron chi connectivity index (χ1n) is 13.0. The minimum atomic E-state index is -4.75. The Balaban J connectivity index is 1.22. The van der Waals surface area contributed by atoms with E-state index in [0.29, 0.717) is 16.7 Å². The third kappa shape index (κ3) is 6.88. The lowest BCUT2D eigenvalue weighted by Gasteiger charge is -2.21. The number of nitrogens with one attached hydrogen (secondary N) is 1. The molecule has 0 spiro atoms. The van der Waals surface area contributed by atoms with Crippen LogP contribution in [-0.2, 0) is 6.42 Å². The van der Waals surface area contributed by atoms with Crippen molar-refractivity contribution in [2.24, 2.45) is 4.99 Å². The number of halogens is 3. The van der Waals surface area contributed by atoms with Crippen LogP contribution in [-0.4, -0.2) is 44.6 Å². The number of aryl methyl sites for hydroxylation is 1. The van der Waals surface area contributed by atoms with Crippen LogP contribution in [0, 0.1) is 0 Å². The van der Waals surface area contributed by atoms with Crippen LogP contribution in [0.4, 0.5) is 23.7 Å². The molecule has 212 valence electrons. The van der Waals surface area contributed by atoms with Gasteiger partial charge >= 0.3 is 12.4 Å². The van der Waals surface area contributed by atoms with Crippen LogP contribution in [0.25, 0.3) is 17.1 Å². The van der Waals surface area contributed by atoms with Crippen molar-refractivity contribution in [2.45, 2.75) is 32.7 Å². The van der Waals surface area contributed by atoms with E-state index in [1.165, 1.54) is 40.8 Å². The summed E-state index contributed by atoms with van der Waals surface area (Å²) in [4.78, 5) is 23.6. The Morgan fingerprint density at radius 2 is 1.83 bits per heavy atom. The summed E-state index contributed by atoms with van der Waals surface area (Å²) >= 11 is 1.57. The van der Waals surface area contributed by atoms with Gasteiger partial charge < -0.3 is 15.0 Å². The van der Waals surface area contributed by atoms with E-state index in [-0.39, 0.29) is 11.8 Å².